The van der Waals surface area contributed by atoms with Crippen LogP contribution in [0.2, 0.25) is 0 Å². The molecule has 3 nitrogen and oxygen atoms in total. The molecule has 0 aliphatic rings. The Hall–Kier alpha value is -3.72. The number of hydrogen-bond acceptors (Lipinski definition) is 3. The zero-order chi connectivity index (χ0) is 18.5. The summed E-state index contributed by atoms with van der Waals surface area (Å²) in [6.45, 7) is 0. The molecule has 0 fully saturated rings. The number of nitrogens with zero attached hydrogens (tertiary/aromatic N) is 2. The number of azo groups is 1. The van der Waals surface area contributed by atoms with Crippen molar-refractivity contribution in [3.8, 4) is 28.0 Å². The summed E-state index contributed by atoms with van der Waals surface area (Å²) in [5, 5.41) is 19.2. The van der Waals surface area contributed by atoms with Gasteiger partial charge in [0.2, 0.25) is 0 Å². The fourth-order valence-corrected chi connectivity index (χ4v) is 3.01. The molecule has 4 aromatic rings. The van der Waals surface area contributed by atoms with Gasteiger partial charge in [-0.3, -0.25) is 0 Å². The van der Waals surface area contributed by atoms with Crippen molar-refractivity contribution < 1.29 is 5.11 Å². The van der Waals surface area contributed by atoms with Crippen LogP contribution in [0.15, 0.2) is 113 Å². The quantitative estimate of drug-likeness (QED) is 0.390. The summed E-state index contributed by atoms with van der Waals surface area (Å²) < 4.78 is 0. The highest BCUT2D eigenvalue weighted by Crippen LogP contribution is 2.39. The third-order valence-corrected chi connectivity index (χ3v) is 4.35. The molecule has 0 aliphatic carbocycles. The molecule has 0 unspecified atom stereocenters. The van der Waals surface area contributed by atoms with E-state index in [4.69, 9.17) is 0 Å². The van der Waals surface area contributed by atoms with Crippen molar-refractivity contribution in [3.05, 3.63) is 103 Å². The van der Waals surface area contributed by atoms with Crippen molar-refractivity contribution in [2.75, 3.05) is 0 Å². The Morgan fingerprint density at radius 3 is 1.74 bits per heavy atom. The van der Waals surface area contributed by atoms with Crippen molar-refractivity contribution in [1.82, 2.24) is 0 Å². The van der Waals surface area contributed by atoms with E-state index in [0.717, 1.165) is 27.9 Å². The molecule has 0 radical (unpaired) electrons. The highest BCUT2D eigenvalue weighted by molar-refractivity contribution is 5.80. The number of phenols is 1. The second-order valence-corrected chi connectivity index (χ2v) is 6.12. The van der Waals surface area contributed by atoms with Crippen LogP contribution in [-0.4, -0.2) is 5.11 Å². The highest BCUT2D eigenvalue weighted by atomic mass is 16.3. The van der Waals surface area contributed by atoms with Gasteiger partial charge in [0.15, 0.2) is 0 Å². The molecule has 0 saturated heterocycles. The SMILES string of the molecule is Oc1cccc(-c2ccccc2)c1N=Nc1ccccc1-c1ccccc1. The summed E-state index contributed by atoms with van der Waals surface area (Å²) in [6, 6.07) is 33.2. The molecule has 27 heavy (non-hydrogen) atoms. The van der Waals surface area contributed by atoms with E-state index in [2.05, 4.69) is 10.2 Å². The molecule has 0 spiro atoms. The molecule has 0 aliphatic heterocycles. The van der Waals surface area contributed by atoms with Crippen LogP contribution in [0.25, 0.3) is 22.3 Å². The van der Waals surface area contributed by atoms with Crippen LogP contribution in [0, 0.1) is 0 Å². The third-order valence-electron chi connectivity index (χ3n) is 4.35. The Labute approximate surface area is 158 Å². The summed E-state index contributed by atoms with van der Waals surface area (Å²) in [6.07, 6.45) is 0. The molecular weight excluding hydrogens is 332 g/mol. The average Bonchev–Trinajstić information content (AvgIpc) is 2.74. The largest absolute Gasteiger partial charge is 0.506 e. The zero-order valence-electron chi connectivity index (χ0n) is 14.7. The lowest BCUT2D eigenvalue weighted by molar-refractivity contribution is 0.476. The van der Waals surface area contributed by atoms with Crippen LogP contribution in [0.3, 0.4) is 0 Å². The highest BCUT2D eigenvalue weighted by Gasteiger charge is 2.10. The van der Waals surface area contributed by atoms with Gasteiger partial charge in [-0.1, -0.05) is 91.0 Å². The summed E-state index contributed by atoms with van der Waals surface area (Å²) >= 11 is 0. The first kappa shape index (κ1) is 16.7. The van der Waals surface area contributed by atoms with E-state index in [1.807, 2.05) is 97.1 Å². The Morgan fingerprint density at radius 2 is 1.04 bits per heavy atom. The molecule has 0 saturated carbocycles. The minimum absolute atomic E-state index is 0.109. The summed E-state index contributed by atoms with van der Waals surface area (Å²) in [4.78, 5) is 0. The van der Waals surface area contributed by atoms with Gasteiger partial charge in [-0.15, -0.1) is 10.2 Å². The van der Waals surface area contributed by atoms with E-state index in [1.165, 1.54) is 0 Å². The fourth-order valence-electron chi connectivity index (χ4n) is 3.01. The van der Waals surface area contributed by atoms with E-state index in [9.17, 15) is 5.11 Å². The average molecular weight is 350 g/mol. The molecule has 0 atom stereocenters. The predicted molar refractivity (Wildman–Crippen MR) is 110 cm³/mol. The number of benzene rings is 4. The molecule has 1 N–H and O–H groups in total. The minimum atomic E-state index is 0.109. The zero-order valence-corrected chi connectivity index (χ0v) is 14.7. The molecule has 0 amide bonds. The second-order valence-electron chi connectivity index (χ2n) is 6.12. The second kappa shape index (κ2) is 7.67. The minimum Gasteiger partial charge on any atom is -0.506 e. The molecule has 130 valence electrons. The molecule has 3 heteroatoms. The Bertz CT molecular complexity index is 1070. The van der Waals surface area contributed by atoms with Crippen molar-refractivity contribution in [1.29, 1.82) is 0 Å². The Balaban J connectivity index is 1.78. The van der Waals surface area contributed by atoms with Crippen molar-refractivity contribution in [2.24, 2.45) is 10.2 Å². The number of hydrogen-bond donors (Lipinski definition) is 1. The van der Waals surface area contributed by atoms with Crippen LogP contribution in [0.5, 0.6) is 5.75 Å². The first-order valence-corrected chi connectivity index (χ1v) is 8.76. The lowest BCUT2D eigenvalue weighted by Gasteiger charge is -2.08. The maximum atomic E-state index is 10.4. The van der Waals surface area contributed by atoms with Crippen molar-refractivity contribution >= 4 is 11.4 Å². The van der Waals surface area contributed by atoms with Gasteiger partial charge in [-0.25, -0.2) is 0 Å². The van der Waals surface area contributed by atoms with E-state index < -0.39 is 0 Å². The van der Waals surface area contributed by atoms with Gasteiger partial charge in [-0.2, -0.15) is 0 Å². The first-order chi connectivity index (χ1) is 13.3. The van der Waals surface area contributed by atoms with Crippen LogP contribution in [0.4, 0.5) is 11.4 Å². The van der Waals surface area contributed by atoms with E-state index in [-0.39, 0.29) is 5.75 Å². The van der Waals surface area contributed by atoms with Gasteiger partial charge >= 0.3 is 0 Å². The van der Waals surface area contributed by atoms with Gasteiger partial charge in [0, 0.05) is 11.1 Å². The number of rotatable bonds is 4. The van der Waals surface area contributed by atoms with Crippen LogP contribution < -0.4 is 0 Å². The predicted octanol–water partition coefficient (Wildman–Crippen LogP) is 7.14. The Morgan fingerprint density at radius 1 is 0.481 bits per heavy atom. The third kappa shape index (κ3) is 3.62. The van der Waals surface area contributed by atoms with Gasteiger partial charge < -0.3 is 5.11 Å². The van der Waals surface area contributed by atoms with Gasteiger partial charge in [0.1, 0.15) is 11.4 Å². The topological polar surface area (TPSA) is 45.0 Å². The van der Waals surface area contributed by atoms with Gasteiger partial charge in [0.05, 0.1) is 5.69 Å². The molecule has 0 heterocycles. The molecular formula is C24H18N2O. The summed E-state index contributed by atoms with van der Waals surface area (Å²) in [7, 11) is 0. The standard InChI is InChI=1S/C24H18N2O/c27-23-17-9-15-21(19-12-5-2-6-13-19)24(23)26-25-22-16-8-7-14-20(22)18-10-3-1-4-11-18/h1-17,27H. The molecule has 4 rings (SSSR count). The lowest BCUT2D eigenvalue weighted by atomic mass is 10.0. The number of phenolic OH excluding ortho intramolecular Hbond substituents is 1. The molecule has 0 aromatic heterocycles. The summed E-state index contributed by atoms with van der Waals surface area (Å²) in [5.41, 5.74) is 5.12. The summed E-state index contributed by atoms with van der Waals surface area (Å²) in [5.74, 6) is 0.109. The van der Waals surface area contributed by atoms with Crippen LogP contribution in [0.1, 0.15) is 0 Å². The van der Waals surface area contributed by atoms with E-state index in [0.29, 0.717) is 5.69 Å². The van der Waals surface area contributed by atoms with E-state index >= 15 is 0 Å². The molecule has 4 aromatic carbocycles. The Kier molecular flexibility index (Phi) is 4.75. The van der Waals surface area contributed by atoms with Crippen molar-refractivity contribution in [3.63, 3.8) is 0 Å². The van der Waals surface area contributed by atoms with Gasteiger partial charge in [-0.05, 0) is 23.3 Å². The normalized spacial score (nSPS) is 11.0. The number of aromatic hydroxyl groups is 1. The molecule has 0 bridgehead atoms. The maximum Gasteiger partial charge on any atom is 0.143 e. The van der Waals surface area contributed by atoms with Gasteiger partial charge in [0.25, 0.3) is 0 Å². The van der Waals surface area contributed by atoms with Crippen molar-refractivity contribution in [2.45, 2.75) is 0 Å². The van der Waals surface area contributed by atoms with E-state index in [1.54, 1.807) is 6.07 Å². The first-order valence-electron chi connectivity index (χ1n) is 8.76. The lowest BCUT2D eigenvalue weighted by Crippen LogP contribution is -1.80. The van der Waals surface area contributed by atoms with Crippen LogP contribution >= 0.6 is 0 Å². The van der Waals surface area contributed by atoms with Crippen LogP contribution in [-0.2, 0) is 0 Å². The monoisotopic (exact) mass is 350 g/mol. The smallest absolute Gasteiger partial charge is 0.143 e. The fraction of sp³-hybridized carbons (Fsp3) is 0. The maximum absolute atomic E-state index is 10.4.